The predicted molar refractivity (Wildman–Crippen MR) is 185 cm³/mol. The fourth-order valence-electron chi connectivity index (χ4n) is 6.42. The quantitative estimate of drug-likeness (QED) is 0.144. The molecule has 0 saturated carbocycles. The van der Waals surface area contributed by atoms with Gasteiger partial charge in [-0.3, -0.25) is 9.59 Å². The highest BCUT2D eigenvalue weighted by molar-refractivity contribution is 7.90. The normalized spacial score (nSPS) is 17.5. The average molecular weight is 646 g/mol. The van der Waals surface area contributed by atoms with Crippen molar-refractivity contribution in [2.24, 2.45) is 5.73 Å². The Labute approximate surface area is 270 Å². The molecule has 45 heavy (non-hydrogen) atoms. The molecule has 0 amide bonds. The number of hydrogen-bond donors (Lipinski definition) is 9. The summed E-state index contributed by atoms with van der Waals surface area (Å²) in [5.41, 5.74) is 16.0. The van der Waals surface area contributed by atoms with Gasteiger partial charge in [-0.2, -0.15) is 0 Å². The number of rotatable bonds is 6. The van der Waals surface area contributed by atoms with Gasteiger partial charge in [-0.25, -0.2) is 0 Å². The molecule has 0 aliphatic carbocycles. The van der Waals surface area contributed by atoms with Gasteiger partial charge in [0.25, 0.3) is 0 Å². The van der Waals surface area contributed by atoms with Crippen LogP contribution in [-0.4, -0.2) is 42.1 Å². The van der Waals surface area contributed by atoms with Gasteiger partial charge in [0.2, 0.25) is 0 Å². The lowest BCUT2D eigenvalue weighted by Crippen LogP contribution is -2.25. The fourth-order valence-corrected chi connectivity index (χ4v) is 6.99. The molecule has 0 unspecified atom stereocenters. The molecule has 11 heteroatoms. The number of carboxylic acid groups (broad SMARTS) is 2. The third kappa shape index (κ3) is 5.94. The van der Waals surface area contributed by atoms with E-state index in [2.05, 4.69) is 32.9 Å². The van der Waals surface area contributed by atoms with Crippen LogP contribution in [0.25, 0.3) is 33.7 Å². The van der Waals surface area contributed by atoms with Gasteiger partial charge in [-0.15, -0.1) is 25.3 Å². The van der Waals surface area contributed by atoms with Gasteiger partial charge in [-0.1, -0.05) is 0 Å². The first kappa shape index (κ1) is 32.2. The first-order valence-corrected chi connectivity index (χ1v) is 15.6. The predicted octanol–water partition coefficient (Wildman–Crippen LogP) is 1.30. The maximum atomic E-state index is 11.6. The Morgan fingerprint density at radius 1 is 0.667 bits per heavy atom. The number of carbonyl (C=O) groups is 2. The highest BCUT2D eigenvalue weighted by Crippen LogP contribution is 2.24. The van der Waals surface area contributed by atoms with Crippen molar-refractivity contribution in [3.05, 3.63) is 88.0 Å². The van der Waals surface area contributed by atoms with Crippen LogP contribution < -0.4 is 37.6 Å². The fraction of sp³-hybridized carbons (Fsp3) is 0.294. The van der Waals surface area contributed by atoms with E-state index in [1.807, 2.05) is 46.8 Å². The maximum absolute atomic E-state index is 11.6. The molecule has 5 rings (SSSR count). The van der Waals surface area contributed by atoms with Crippen molar-refractivity contribution in [3.8, 4) is 0 Å². The molecule has 0 aromatic carbocycles. The highest BCUT2D eigenvalue weighted by atomic mass is 32.1. The van der Waals surface area contributed by atoms with Gasteiger partial charge in [0.1, 0.15) is 0 Å². The smallest absolute Gasteiger partial charge is 0.303 e. The molecule has 236 valence electrons. The highest BCUT2D eigenvalue weighted by Gasteiger charge is 2.20. The summed E-state index contributed by atoms with van der Waals surface area (Å²) in [7, 11) is 0. The lowest BCUT2D eigenvalue weighted by Gasteiger charge is -2.06. The van der Waals surface area contributed by atoms with E-state index in [9.17, 15) is 19.8 Å². The van der Waals surface area contributed by atoms with E-state index in [0.717, 1.165) is 86.8 Å². The Morgan fingerprint density at radius 3 is 1.58 bits per heavy atom. The summed E-state index contributed by atoms with van der Waals surface area (Å²) in [5.74, 6) is -1.81. The minimum atomic E-state index is -0.907. The minimum Gasteiger partial charge on any atom is -0.481 e. The standard InChI is InChI=1S/C34H39N5O4S2/c1-14-20(7-9-28(40)41)33-32(35)34-21(8-10-29(42)43)15(2)23(39-34)12-26-31(19(6)45)17(4)25(37-26)13-27-30(18(5)44)16(3)24(36-27)11-22(14)38-33/h11-13,36-39,44-45H,7-10,35H2,1-6H3,(H,40,41)(H,42,43)/b22-11-,26-12-,27-13-,30-18+,31-19-,33-32+. The third-order valence-electron chi connectivity index (χ3n) is 8.78. The summed E-state index contributed by atoms with van der Waals surface area (Å²) in [6.45, 7) is 11.9. The summed E-state index contributed by atoms with van der Waals surface area (Å²) < 4.78 is 0. The van der Waals surface area contributed by atoms with Crippen molar-refractivity contribution in [1.29, 1.82) is 0 Å². The summed E-state index contributed by atoms with van der Waals surface area (Å²) in [6, 6.07) is 0. The Bertz CT molecular complexity index is 2270. The minimum absolute atomic E-state index is 0.0672. The molecule has 0 radical (unpaired) electrons. The molecule has 1 aliphatic rings. The van der Waals surface area contributed by atoms with Crippen molar-refractivity contribution in [2.75, 3.05) is 0 Å². The number of H-pyrrole nitrogens is 4. The van der Waals surface area contributed by atoms with Crippen LogP contribution in [0.2, 0.25) is 0 Å². The van der Waals surface area contributed by atoms with Crippen molar-refractivity contribution in [3.63, 3.8) is 0 Å². The van der Waals surface area contributed by atoms with Crippen LogP contribution in [0.4, 0.5) is 0 Å². The van der Waals surface area contributed by atoms with Gasteiger partial charge in [0.05, 0.1) is 16.7 Å². The summed E-state index contributed by atoms with van der Waals surface area (Å²) in [6.07, 6.45) is 6.51. The molecule has 0 saturated heterocycles. The van der Waals surface area contributed by atoms with Crippen LogP contribution in [0.15, 0.2) is 0 Å². The van der Waals surface area contributed by atoms with Crippen molar-refractivity contribution in [2.45, 2.75) is 67.2 Å². The van der Waals surface area contributed by atoms with E-state index in [4.69, 9.17) is 31.0 Å². The molecule has 4 aromatic heterocycles. The summed E-state index contributed by atoms with van der Waals surface area (Å²) >= 11 is 9.48. The van der Waals surface area contributed by atoms with E-state index >= 15 is 0 Å². The Morgan fingerprint density at radius 2 is 1.11 bits per heavy atom. The van der Waals surface area contributed by atoms with Gasteiger partial charge in [0, 0.05) is 56.4 Å². The molecule has 9 nitrogen and oxygen atoms in total. The average Bonchev–Trinajstić information content (AvgIpc) is 3.63. The van der Waals surface area contributed by atoms with E-state index in [-0.39, 0.29) is 25.7 Å². The first-order valence-electron chi connectivity index (χ1n) is 14.7. The van der Waals surface area contributed by atoms with E-state index < -0.39 is 11.9 Å². The van der Waals surface area contributed by atoms with Crippen LogP contribution in [0.5, 0.6) is 0 Å². The molecule has 1 aliphatic heterocycles. The van der Waals surface area contributed by atoms with Crippen LogP contribution in [0.3, 0.4) is 0 Å². The zero-order valence-electron chi connectivity index (χ0n) is 26.2. The monoisotopic (exact) mass is 645 g/mol. The molecule has 5 heterocycles. The largest absolute Gasteiger partial charge is 0.481 e. The zero-order chi connectivity index (χ0) is 32.9. The Balaban J connectivity index is 2.02. The molecule has 0 spiro atoms. The molecule has 0 atom stereocenters. The number of thiol groups is 2. The van der Waals surface area contributed by atoms with Crippen LogP contribution >= 0.6 is 25.3 Å². The van der Waals surface area contributed by atoms with E-state index in [1.54, 1.807) is 0 Å². The molecule has 8 bridgehead atoms. The van der Waals surface area contributed by atoms with Crippen LogP contribution in [-0.2, 0) is 22.4 Å². The van der Waals surface area contributed by atoms with Gasteiger partial charge < -0.3 is 35.9 Å². The lowest BCUT2D eigenvalue weighted by atomic mass is 10.0. The van der Waals surface area contributed by atoms with E-state index in [1.165, 1.54) is 0 Å². The number of hydrogen-bond acceptors (Lipinski definition) is 5. The maximum Gasteiger partial charge on any atom is 0.303 e. The topological polar surface area (TPSA) is 164 Å². The molecule has 8 N–H and O–H groups in total. The van der Waals surface area contributed by atoms with E-state index in [0.29, 0.717) is 16.7 Å². The van der Waals surface area contributed by atoms with Crippen molar-refractivity contribution < 1.29 is 19.8 Å². The Kier molecular flexibility index (Phi) is 8.79. The van der Waals surface area contributed by atoms with Gasteiger partial charge >= 0.3 is 11.9 Å². The summed E-state index contributed by atoms with van der Waals surface area (Å²) in [4.78, 5) is 39.2. The molecule has 0 fully saturated rings. The molecular weight excluding hydrogens is 607 g/mol. The zero-order valence-corrected chi connectivity index (χ0v) is 28.0. The van der Waals surface area contributed by atoms with Gasteiger partial charge in [-0.05, 0) is 116 Å². The number of nitrogens with one attached hydrogen (secondary N) is 4. The number of aromatic nitrogens is 4. The number of aromatic amines is 4. The number of fused-ring (bicyclic) bond motifs is 8. The second-order valence-electron chi connectivity index (χ2n) is 11.7. The number of nitrogens with two attached hydrogens (primary N) is 1. The van der Waals surface area contributed by atoms with Crippen LogP contribution in [0, 0.1) is 27.7 Å². The molecular formula is C34H39N5O4S2. The summed E-state index contributed by atoms with van der Waals surface area (Å²) in [5, 5.41) is 24.2. The second-order valence-corrected chi connectivity index (χ2v) is 13.1. The first-order chi connectivity index (χ1) is 21.2. The number of carboxylic acids is 2. The van der Waals surface area contributed by atoms with Gasteiger partial charge in [0.15, 0.2) is 0 Å². The lowest BCUT2D eigenvalue weighted by molar-refractivity contribution is -0.138. The third-order valence-corrected chi connectivity index (χ3v) is 9.22. The Hall–Kier alpha value is -4.22. The van der Waals surface area contributed by atoms with Crippen molar-refractivity contribution >= 4 is 70.9 Å². The SMILES string of the molecule is C/C(S)=c1\c(C)c2[nH]\c1=C/c1[nH]c(c(CCC(=O)O)c1C)/C(N)=c1\[nH]/c(c(C)c1CCC(=O)O)=C\c1[nH]c(/c(=C(\C)S)c1C)=C\2. The molecule has 4 aromatic rings. The second kappa shape index (κ2) is 12.3. The van der Waals surface area contributed by atoms with Crippen molar-refractivity contribution in [1.82, 2.24) is 19.9 Å². The van der Waals surface area contributed by atoms with Crippen LogP contribution in [0.1, 0.15) is 82.8 Å². The number of aliphatic carboxylic acids is 2.